The standard InChI is InChI=1S/C16H26N4/c1-3-17-13(2)16-7-6-14(11-18-16)20-10-9-19-8-4-5-15(19)12-20/h6-7,11,13,15,17H,3-5,8-10,12H2,1-2H3. The van der Waals surface area contributed by atoms with E-state index in [1.54, 1.807) is 0 Å². The number of nitrogens with zero attached hydrogens (tertiary/aromatic N) is 3. The SMILES string of the molecule is CCNC(C)c1ccc(N2CCN3CCCC3C2)cn1. The summed E-state index contributed by atoms with van der Waals surface area (Å²) in [6, 6.07) is 5.51. The van der Waals surface area contributed by atoms with Crippen molar-refractivity contribution >= 4 is 5.69 Å². The Morgan fingerprint density at radius 1 is 1.35 bits per heavy atom. The minimum Gasteiger partial charge on any atom is -0.367 e. The van der Waals surface area contributed by atoms with E-state index in [0.717, 1.165) is 24.8 Å². The Morgan fingerprint density at radius 3 is 3.00 bits per heavy atom. The molecular weight excluding hydrogens is 248 g/mol. The molecular formula is C16H26N4. The fourth-order valence-electron chi connectivity index (χ4n) is 3.48. The highest BCUT2D eigenvalue weighted by Gasteiger charge is 2.30. The third kappa shape index (κ3) is 2.81. The van der Waals surface area contributed by atoms with Crippen molar-refractivity contribution in [1.82, 2.24) is 15.2 Å². The van der Waals surface area contributed by atoms with Gasteiger partial charge in [-0.25, -0.2) is 0 Å². The summed E-state index contributed by atoms with van der Waals surface area (Å²) < 4.78 is 0. The molecule has 2 aliphatic heterocycles. The third-order valence-electron chi connectivity index (χ3n) is 4.68. The molecule has 4 nitrogen and oxygen atoms in total. The summed E-state index contributed by atoms with van der Waals surface area (Å²) in [6.45, 7) is 10.1. The molecule has 0 aliphatic carbocycles. The summed E-state index contributed by atoms with van der Waals surface area (Å²) in [7, 11) is 0. The molecule has 4 heteroatoms. The minimum atomic E-state index is 0.334. The fraction of sp³-hybridized carbons (Fsp3) is 0.688. The van der Waals surface area contributed by atoms with Crippen LogP contribution in [-0.2, 0) is 0 Å². The molecule has 3 heterocycles. The number of nitrogens with one attached hydrogen (secondary N) is 1. The van der Waals surface area contributed by atoms with Crippen LogP contribution in [0.4, 0.5) is 5.69 Å². The molecule has 0 amide bonds. The van der Waals surface area contributed by atoms with E-state index in [2.05, 4.69) is 46.1 Å². The second-order valence-corrected chi connectivity index (χ2v) is 6.00. The van der Waals surface area contributed by atoms with Crippen LogP contribution in [0, 0.1) is 0 Å². The summed E-state index contributed by atoms with van der Waals surface area (Å²) in [5.41, 5.74) is 2.42. The maximum atomic E-state index is 4.64. The first-order chi connectivity index (χ1) is 9.78. The summed E-state index contributed by atoms with van der Waals surface area (Å²) in [5, 5.41) is 3.41. The van der Waals surface area contributed by atoms with Gasteiger partial charge in [0.2, 0.25) is 0 Å². The van der Waals surface area contributed by atoms with Gasteiger partial charge in [0, 0.05) is 31.7 Å². The van der Waals surface area contributed by atoms with Crippen molar-refractivity contribution in [3.05, 3.63) is 24.0 Å². The average Bonchev–Trinajstić information content (AvgIpc) is 2.95. The van der Waals surface area contributed by atoms with Crippen molar-refractivity contribution in [3.63, 3.8) is 0 Å². The number of anilines is 1. The molecule has 0 saturated carbocycles. The van der Waals surface area contributed by atoms with Crippen LogP contribution in [0.25, 0.3) is 0 Å². The molecule has 2 unspecified atom stereocenters. The van der Waals surface area contributed by atoms with Crippen molar-refractivity contribution in [2.45, 2.75) is 38.8 Å². The highest BCUT2D eigenvalue weighted by molar-refractivity contribution is 5.45. The van der Waals surface area contributed by atoms with Crippen LogP contribution in [0.15, 0.2) is 18.3 Å². The maximum absolute atomic E-state index is 4.64. The zero-order valence-corrected chi connectivity index (χ0v) is 12.7. The van der Waals surface area contributed by atoms with E-state index < -0.39 is 0 Å². The molecule has 1 aromatic rings. The number of hydrogen-bond donors (Lipinski definition) is 1. The van der Waals surface area contributed by atoms with Crippen LogP contribution in [0.1, 0.15) is 38.4 Å². The summed E-state index contributed by atoms with van der Waals surface area (Å²) in [6.07, 6.45) is 4.78. The highest BCUT2D eigenvalue weighted by Crippen LogP contribution is 2.25. The minimum absolute atomic E-state index is 0.334. The summed E-state index contributed by atoms with van der Waals surface area (Å²) >= 11 is 0. The summed E-state index contributed by atoms with van der Waals surface area (Å²) in [5.74, 6) is 0. The van der Waals surface area contributed by atoms with Crippen LogP contribution in [0.2, 0.25) is 0 Å². The highest BCUT2D eigenvalue weighted by atomic mass is 15.3. The van der Waals surface area contributed by atoms with Gasteiger partial charge in [0.25, 0.3) is 0 Å². The molecule has 1 aromatic heterocycles. The lowest BCUT2D eigenvalue weighted by molar-refractivity contribution is 0.231. The number of fused-ring (bicyclic) bond motifs is 1. The molecule has 0 spiro atoms. The van der Waals surface area contributed by atoms with Gasteiger partial charge in [0.05, 0.1) is 17.6 Å². The first kappa shape index (κ1) is 13.8. The van der Waals surface area contributed by atoms with E-state index in [-0.39, 0.29) is 0 Å². The normalized spacial score (nSPS) is 24.7. The Bertz CT molecular complexity index is 431. The van der Waals surface area contributed by atoms with Crippen LogP contribution >= 0.6 is 0 Å². The zero-order chi connectivity index (χ0) is 13.9. The van der Waals surface area contributed by atoms with Gasteiger partial charge < -0.3 is 10.2 Å². The van der Waals surface area contributed by atoms with Crippen molar-refractivity contribution in [1.29, 1.82) is 0 Å². The molecule has 0 aromatic carbocycles. The topological polar surface area (TPSA) is 31.4 Å². The molecule has 20 heavy (non-hydrogen) atoms. The maximum Gasteiger partial charge on any atom is 0.0572 e. The molecule has 2 atom stereocenters. The second-order valence-electron chi connectivity index (χ2n) is 6.00. The second kappa shape index (κ2) is 6.10. The third-order valence-corrected chi connectivity index (χ3v) is 4.68. The van der Waals surface area contributed by atoms with Gasteiger partial charge in [-0.15, -0.1) is 0 Å². The monoisotopic (exact) mass is 274 g/mol. The van der Waals surface area contributed by atoms with Crippen molar-refractivity contribution < 1.29 is 0 Å². The number of hydrogen-bond acceptors (Lipinski definition) is 4. The molecule has 1 N–H and O–H groups in total. The van der Waals surface area contributed by atoms with Gasteiger partial charge in [0.15, 0.2) is 0 Å². The Balaban J connectivity index is 1.65. The first-order valence-electron chi connectivity index (χ1n) is 7.96. The molecule has 110 valence electrons. The Hall–Kier alpha value is -1.13. The summed E-state index contributed by atoms with van der Waals surface area (Å²) in [4.78, 5) is 9.79. The molecule has 2 aliphatic rings. The van der Waals surface area contributed by atoms with Gasteiger partial charge in [-0.05, 0) is 45.0 Å². The average molecular weight is 274 g/mol. The van der Waals surface area contributed by atoms with Crippen molar-refractivity contribution in [2.24, 2.45) is 0 Å². The van der Waals surface area contributed by atoms with Crippen LogP contribution < -0.4 is 10.2 Å². The smallest absolute Gasteiger partial charge is 0.0572 e. The van der Waals surface area contributed by atoms with Gasteiger partial charge in [-0.2, -0.15) is 0 Å². The predicted octanol–water partition coefficient (Wildman–Crippen LogP) is 2.04. The van der Waals surface area contributed by atoms with E-state index in [1.165, 1.54) is 38.2 Å². The quantitative estimate of drug-likeness (QED) is 0.910. The number of piperazine rings is 1. The van der Waals surface area contributed by atoms with Crippen LogP contribution in [-0.4, -0.2) is 48.6 Å². The van der Waals surface area contributed by atoms with E-state index in [1.807, 2.05) is 6.20 Å². The Labute approximate surface area is 122 Å². The zero-order valence-electron chi connectivity index (χ0n) is 12.7. The van der Waals surface area contributed by atoms with E-state index in [9.17, 15) is 0 Å². The lowest BCUT2D eigenvalue weighted by Crippen LogP contribution is -2.50. The fourth-order valence-corrected chi connectivity index (χ4v) is 3.48. The first-order valence-corrected chi connectivity index (χ1v) is 7.96. The lowest BCUT2D eigenvalue weighted by Gasteiger charge is -2.38. The number of pyridine rings is 1. The Kier molecular flexibility index (Phi) is 4.22. The number of rotatable bonds is 4. The van der Waals surface area contributed by atoms with Crippen molar-refractivity contribution in [2.75, 3.05) is 37.6 Å². The van der Waals surface area contributed by atoms with Crippen molar-refractivity contribution in [3.8, 4) is 0 Å². The van der Waals surface area contributed by atoms with E-state index in [4.69, 9.17) is 0 Å². The molecule has 2 fully saturated rings. The molecule has 0 bridgehead atoms. The molecule has 2 saturated heterocycles. The molecule has 0 radical (unpaired) electrons. The van der Waals surface area contributed by atoms with Gasteiger partial charge in [-0.3, -0.25) is 9.88 Å². The predicted molar refractivity (Wildman–Crippen MR) is 83.1 cm³/mol. The largest absolute Gasteiger partial charge is 0.367 e. The number of aromatic nitrogens is 1. The Morgan fingerprint density at radius 2 is 2.25 bits per heavy atom. The van der Waals surface area contributed by atoms with E-state index in [0.29, 0.717) is 6.04 Å². The van der Waals surface area contributed by atoms with Gasteiger partial charge in [-0.1, -0.05) is 6.92 Å². The lowest BCUT2D eigenvalue weighted by atomic mass is 10.1. The van der Waals surface area contributed by atoms with Crippen LogP contribution in [0.3, 0.4) is 0 Å². The van der Waals surface area contributed by atoms with Gasteiger partial charge >= 0.3 is 0 Å². The van der Waals surface area contributed by atoms with Crippen LogP contribution in [0.5, 0.6) is 0 Å². The van der Waals surface area contributed by atoms with E-state index >= 15 is 0 Å². The molecule has 3 rings (SSSR count). The van der Waals surface area contributed by atoms with Gasteiger partial charge in [0.1, 0.15) is 0 Å².